The number of aromatic carboxylic acids is 1. The Kier molecular flexibility index (Phi) is 3.50. The van der Waals surface area contributed by atoms with Crippen LogP contribution in [0.1, 0.15) is 15.9 Å². The molecule has 0 saturated heterocycles. The minimum absolute atomic E-state index is 0.181. The van der Waals surface area contributed by atoms with Crippen molar-refractivity contribution in [3.63, 3.8) is 0 Å². The number of nitrogens with one attached hydrogen (secondary N) is 1. The molecule has 2 aromatic carbocycles. The van der Waals surface area contributed by atoms with Gasteiger partial charge in [0, 0.05) is 16.0 Å². The van der Waals surface area contributed by atoms with Crippen molar-refractivity contribution in [1.82, 2.24) is 10.2 Å². The lowest BCUT2D eigenvalue weighted by atomic mass is 10.0. The van der Waals surface area contributed by atoms with E-state index in [1.54, 1.807) is 19.2 Å². The van der Waals surface area contributed by atoms with Crippen molar-refractivity contribution in [2.45, 2.75) is 6.92 Å². The summed E-state index contributed by atoms with van der Waals surface area (Å²) in [7, 11) is 1.56. The van der Waals surface area contributed by atoms with Gasteiger partial charge in [-0.3, -0.25) is 5.10 Å². The van der Waals surface area contributed by atoms with Gasteiger partial charge in [-0.05, 0) is 30.7 Å². The van der Waals surface area contributed by atoms with Crippen molar-refractivity contribution in [2.75, 3.05) is 7.11 Å². The first-order valence-corrected chi connectivity index (χ1v) is 6.95. The summed E-state index contributed by atoms with van der Waals surface area (Å²) in [4.78, 5) is 11.3. The second-order valence-corrected chi connectivity index (χ2v) is 5.31. The van der Waals surface area contributed by atoms with Crippen LogP contribution in [-0.4, -0.2) is 28.4 Å². The number of rotatable bonds is 3. The largest absolute Gasteiger partial charge is 0.496 e. The highest BCUT2D eigenvalue weighted by Gasteiger charge is 2.18. The fourth-order valence-corrected chi connectivity index (χ4v) is 2.60. The topological polar surface area (TPSA) is 75.2 Å². The molecule has 1 aromatic heterocycles. The number of fused-ring (bicyclic) bond motifs is 1. The van der Waals surface area contributed by atoms with Crippen LogP contribution >= 0.6 is 11.6 Å². The molecule has 2 N–H and O–H groups in total. The number of nitrogens with zero attached hydrogens (tertiary/aromatic N) is 1. The summed E-state index contributed by atoms with van der Waals surface area (Å²) >= 11 is 6.13. The summed E-state index contributed by atoms with van der Waals surface area (Å²) in [6, 6.07) is 8.67. The Bertz CT molecular complexity index is 886. The van der Waals surface area contributed by atoms with Crippen LogP contribution in [0.15, 0.2) is 30.3 Å². The van der Waals surface area contributed by atoms with E-state index >= 15 is 0 Å². The number of halogens is 1. The van der Waals surface area contributed by atoms with Gasteiger partial charge in [0.1, 0.15) is 11.4 Å². The molecule has 112 valence electrons. The minimum Gasteiger partial charge on any atom is -0.496 e. The van der Waals surface area contributed by atoms with E-state index in [1.807, 2.05) is 19.1 Å². The van der Waals surface area contributed by atoms with Gasteiger partial charge in [0.15, 0.2) is 0 Å². The van der Waals surface area contributed by atoms with Gasteiger partial charge in [0.05, 0.1) is 18.2 Å². The van der Waals surface area contributed by atoms with Crippen molar-refractivity contribution in [2.24, 2.45) is 0 Å². The molecule has 3 rings (SSSR count). The number of hydrogen-bond donors (Lipinski definition) is 2. The van der Waals surface area contributed by atoms with E-state index in [9.17, 15) is 9.90 Å². The Morgan fingerprint density at radius 3 is 2.82 bits per heavy atom. The fourth-order valence-electron chi connectivity index (χ4n) is 2.44. The van der Waals surface area contributed by atoms with Gasteiger partial charge < -0.3 is 9.84 Å². The molecule has 22 heavy (non-hydrogen) atoms. The summed E-state index contributed by atoms with van der Waals surface area (Å²) in [5, 5.41) is 17.7. The first kappa shape index (κ1) is 14.4. The van der Waals surface area contributed by atoms with E-state index in [2.05, 4.69) is 10.2 Å². The Morgan fingerprint density at radius 2 is 2.14 bits per heavy atom. The molecule has 6 heteroatoms. The van der Waals surface area contributed by atoms with Crippen LogP contribution in [0.5, 0.6) is 5.75 Å². The predicted molar refractivity (Wildman–Crippen MR) is 84.8 cm³/mol. The fraction of sp³-hybridized carbons (Fsp3) is 0.125. The molecule has 0 radical (unpaired) electrons. The summed E-state index contributed by atoms with van der Waals surface area (Å²) in [5.41, 5.74) is 2.96. The lowest BCUT2D eigenvalue weighted by molar-refractivity contribution is 0.0699. The zero-order valence-electron chi connectivity index (χ0n) is 12.0. The number of benzene rings is 2. The van der Waals surface area contributed by atoms with E-state index < -0.39 is 5.97 Å². The molecule has 3 aromatic rings. The zero-order valence-corrected chi connectivity index (χ0v) is 12.7. The lowest BCUT2D eigenvalue weighted by Crippen LogP contribution is -1.96. The molecule has 5 nitrogen and oxygen atoms in total. The molecule has 0 bridgehead atoms. The average Bonchev–Trinajstić information content (AvgIpc) is 2.93. The molecule has 0 aliphatic rings. The van der Waals surface area contributed by atoms with E-state index in [0.29, 0.717) is 22.0 Å². The molecule has 0 unspecified atom stereocenters. The molecule has 0 amide bonds. The molecule has 0 atom stereocenters. The predicted octanol–water partition coefficient (Wildman–Crippen LogP) is 3.90. The molecule has 0 fully saturated rings. The molecule has 1 heterocycles. The van der Waals surface area contributed by atoms with Gasteiger partial charge in [-0.2, -0.15) is 5.10 Å². The van der Waals surface area contributed by atoms with Crippen molar-refractivity contribution in [3.05, 3.63) is 46.5 Å². The Balaban J connectivity index is 2.30. The monoisotopic (exact) mass is 316 g/mol. The highest BCUT2D eigenvalue weighted by molar-refractivity contribution is 6.31. The lowest BCUT2D eigenvalue weighted by Gasteiger charge is -2.09. The molecule has 0 aliphatic carbocycles. The maximum atomic E-state index is 11.3. The Morgan fingerprint density at radius 1 is 1.36 bits per heavy atom. The van der Waals surface area contributed by atoms with Crippen molar-refractivity contribution in [1.29, 1.82) is 0 Å². The highest BCUT2D eigenvalue weighted by atomic mass is 35.5. The van der Waals surface area contributed by atoms with Crippen LogP contribution < -0.4 is 4.74 Å². The Labute approximate surface area is 131 Å². The number of ether oxygens (including phenoxy) is 1. The first-order chi connectivity index (χ1) is 10.5. The van der Waals surface area contributed by atoms with Crippen molar-refractivity contribution in [3.8, 4) is 17.0 Å². The normalized spacial score (nSPS) is 10.9. The number of hydrogen-bond acceptors (Lipinski definition) is 3. The quantitative estimate of drug-likeness (QED) is 0.768. The molecular formula is C16H13ClN2O3. The second kappa shape index (κ2) is 5.35. The number of aromatic nitrogens is 2. The van der Waals surface area contributed by atoms with Gasteiger partial charge in [0.2, 0.25) is 0 Å². The van der Waals surface area contributed by atoms with Crippen molar-refractivity contribution < 1.29 is 14.6 Å². The average molecular weight is 317 g/mol. The van der Waals surface area contributed by atoms with Crippen LogP contribution in [-0.2, 0) is 0 Å². The molecule has 0 saturated carbocycles. The van der Waals surface area contributed by atoms with Gasteiger partial charge in [0.25, 0.3) is 0 Å². The van der Waals surface area contributed by atoms with Crippen LogP contribution in [0.2, 0.25) is 5.02 Å². The van der Waals surface area contributed by atoms with Gasteiger partial charge in [-0.1, -0.05) is 23.7 Å². The zero-order chi connectivity index (χ0) is 15.9. The van der Waals surface area contributed by atoms with Gasteiger partial charge >= 0.3 is 5.97 Å². The van der Waals surface area contributed by atoms with E-state index in [1.165, 1.54) is 6.07 Å². The highest BCUT2D eigenvalue weighted by Crippen LogP contribution is 2.37. The number of methoxy groups -OCH3 is 1. The van der Waals surface area contributed by atoms with Gasteiger partial charge in [-0.15, -0.1) is 0 Å². The van der Waals surface area contributed by atoms with Gasteiger partial charge in [-0.25, -0.2) is 4.79 Å². The number of aromatic amines is 1. The number of aryl methyl sites for hydroxylation is 1. The maximum Gasteiger partial charge on any atom is 0.337 e. The van der Waals surface area contributed by atoms with Crippen molar-refractivity contribution >= 4 is 28.5 Å². The minimum atomic E-state index is -1.000. The molecular weight excluding hydrogens is 304 g/mol. The summed E-state index contributed by atoms with van der Waals surface area (Å²) in [6.45, 7) is 1.89. The third-order valence-electron chi connectivity index (χ3n) is 3.57. The summed E-state index contributed by atoms with van der Waals surface area (Å²) in [5.74, 6) is -0.412. The number of para-hydroxylation sites is 1. The van der Waals surface area contributed by atoms with Crippen LogP contribution in [0, 0.1) is 6.92 Å². The standard InChI is InChI=1S/C16H13ClN2O3/c1-8-6-11(13(22-2)7-12(8)17)15-9-4-3-5-10(16(20)21)14(9)18-19-15/h3-7H,1-2H3,(H,18,19)(H,20,21). The van der Waals surface area contributed by atoms with E-state index in [4.69, 9.17) is 16.3 Å². The number of carboxylic acid groups (broad SMARTS) is 1. The number of carbonyl (C=O) groups is 1. The maximum absolute atomic E-state index is 11.3. The van der Waals surface area contributed by atoms with Crippen LogP contribution in [0.25, 0.3) is 22.2 Å². The molecule has 0 spiro atoms. The number of H-pyrrole nitrogens is 1. The first-order valence-electron chi connectivity index (χ1n) is 6.58. The summed E-state index contributed by atoms with van der Waals surface area (Å²) < 4.78 is 5.38. The Hall–Kier alpha value is -2.53. The second-order valence-electron chi connectivity index (χ2n) is 4.91. The molecule has 0 aliphatic heterocycles. The van der Waals surface area contributed by atoms with E-state index in [-0.39, 0.29) is 5.56 Å². The van der Waals surface area contributed by atoms with E-state index in [0.717, 1.165) is 16.5 Å². The number of carboxylic acids is 1. The summed E-state index contributed by atoms with van der Waals surface area (Å²) in [6.07, 6.45) is 0. The SMILES string of the molecule is COc1cc(Cl)c(C)cc1-c1n[nH]c2c(C(=O)O)cccc12. The van der Waals surface area contributed by atoms with Crippen LogP contribution in [0.3, 0.4) is 0 Å². The third-order valence-corrected chi connectivity index (χ3v) is 3.97. The van der Waals surface area contributed by atoms with Crippen LogP contribution in [0.4, 0.5) is 0 Å². The third kappa shape index (κ3) is 2.19. The smallest absolute Gasteiger partial charge is 0.337 e.